The lowest BCUT2D eigenvalue weighted by molar-refractivity contribution is 0.102. The molecule has 208 valence electrons. The Morgan fingerprint density at radius 1 is 0.905 bits per heavy atom. The first-order valence-electron chi connectivity index (χ1n) is 12.6. The van der Waals surface area contributed by atoms with E-state index in [-0.39, 0.29) is 17.0 Å². The Morgan fingerprint density at radius 2 is 1.74 bits per heavy atom. The Balaban J connectivity index is 1.25. The van der Waals surface area contributed by atoms with Crippen molar-refractivity contribution in [2.45, 2.75) is 0 Å². The second-order valence-corrected chi connectivity index (χ2v) is 9.08. The molecule has 1 N–H and O–H groups in total. The molecule has 0 saturated carbocycles. The average Bonchev–Trinajstić information content (AvgIpc) is 3.44. The molecule has 11 heteroatoms. The molecule has 0 fully saturated rings. The van der Waals surface area contributed by atoms with Gasteiger partial charge in [0, 0.05) is 53.7 Å². The monoisotopic (exact) mass is 565 g/mol. The molecule has 4 heterocycles. The Hall–Kier alpha value is -5.84. The minimum Gasteiger partial charge on any atom is -0.481 e. The summed E-state index contributed by atoms with van der Waals surface area (Å²) in [5, 5.41) is 6.86. The number of hydrogen-bond donors (Lipinski definition) is 1. The number of anilines is 1. The van der Waals surface area contributed by atoms with Gasteiger partial charge in [0.15, 0.2) is 17.3 Å². The molecule has 6 aromatic rings. The molecule has 9 nitrogen and oxygen atoms in total. The van der Waals surface area contributed by atoms with Crippen LogP contribution in [-0.2, 0) is 0 Å². The fraction of sp³-hybridized carbons (Fsp3) is 0.0323. The SMILES string of the molecule is COc1cc(-c2ccn3nccc(Oc4ccc(NC(=O)c5cccn(-c6ccc(F)cc6)c5=O)cc4F)c23)ccn1. The van der Waals surface area contributed by atoms with Gasteiger partial charge in [-0.1, -0.05) is 0 Å². The van der Waals surface area contributed by atoms with Gasteiger partial charge < -0.3 is 14.8 Å². The fourth-order valence-electron chi connectivity index (χ4n) is 4.47. The van der Waals surface area contributed by atoms with Gasteiger partial charge >= 0.3 is 0 Å². The van der Waals surface area contributed by atoms with Gasteiger partial charge in [-0.3, -0.25) is 14.2 Å². The molecule has 0 spiro atoms. The predicted octanol–water partition coefficient (Wildman–Crippen LogP) is 5.88. The van der Waals surface area contributed by atoms with Crippen molar-refractivity contribution in [3.63, 3.8) is 0 Å². The number of methoxy groups -OCH3 is 1. The molecule has 0 aliphatic carbocycles. The minimum atomic E-state index is -0.738. The van der Waals surface area contributed by atoms with E-state index in [1.165, 1.54) is 72.6 Å². The van der Waals surface area contributed by atoms with Crippen LogP contribution < -0.4 is 20.3 Å². The molecular formula is C31H21F2N5O4. The highest BCUT2D eigenvalue weighted by Gasteiger charge is 2.17. The quantitative estimate of drug-likeness (QED) is 0.260. The van der Waals surface area contributed by atoms with Gasteiger partial charge in [-0.15, -0.1) is 0 Å². The van der Waals surface area contributed by atoms with Crippen LogP contribution in [0.4, 0.5) is 14.5 Å². The zero-order valence-electron chi connectivity index (χ0n) is 22.0. The maximum Gasteiger partial charge on any atom is 0.267 e. The summed E-state index contributed by atoms with van der Waals surface area (Å²) in [6.45, 7) is 0. The third-order valence-electron chi connectivity index (χ3n) is 6.48. The molecule has 0 radical (unpaired) electrons. The first-order valence-corrected chi connectivity index (χ1v) is 12.6. The summed E-state index contributed by atoms with van der Waals surface area (Å²) in [4.78, 5) is 30.0. The van der Waals surface area contributed by atoms with Crippen molar-refractivity contribution in [2.75, 3.05) is 12.4 Å². The number of pyridine rings is 2. The number of amides is 1. The molecular weight excluding hydrogens is 544 g/mol. The topological polar surface area (TPSA) is 99.8 Å². The van der Waals surface area contributed by atoms with Crippen molar-refractivity contribution >= 4 is 17.1 Å². The summed E-state index contributed by atoms with van der Waals surface area (Å²) in [6.07, 6.45) is 6.38. The number of carbonyl (C=O) groups excluding carboxylic acids is 1. The van der Waals surface area contributed by atoms with Crippen LogP contribution in [-0.4, -0.2) is 32.2 Å². The number of benzene rings is 2. The molecule has 6 rings (SSSR count). The predicted molar refractivity (Wildman–Crippen MR) is 151 cm³/mol. The highest BCUT2D eigenvalue weighted by molar-refractivity contribution is 6.04. The number of ether oxygens (including phenoxy) is 2. The standard InChI is InChI=1S/C31H21F2N5O4/c1-41-28-17-19(10-13-34-28)23-12-16-38-29(23)27(11-14-35-38)42-26-9-6-21(18-25(26)33)36-30(39)24-3-2-15-37(31(24)40)22-7-4-20(32)5-8-22/h2-18H,1H3,(H,36,39). The van der Waals surface area contributed by atoms with Gasteiger partial charge in [0.05, 0.1) is 13.3 Å². The molecule has 0 aliphatic heterocycles. The van der Waals surface area contributed by atoms with Gasteiger partial charge in [0.2, 0.25) is 5.88 Å². The molecule has 0 unspecified atom stereocenters. The largest absolute Gasteiger partial charge is 0.481 e. The zero-order chi connectivity index (χ0) is 29.2. The van der Waals surface area contributed by atoms with E-state index >= 15 is 4.39 Å². The summed E-state index contributed by atoms with van der Waals surface area (Å²) in [5.41, 5.74) is 1.91. The van der Waals surface area contributed by atoms with E-state index in [1.807, 2.05) is 12.1 Å². The lowest BCUT2D eigenvalue weighted by Crippen LogP contribution is -2.27. The van der Waals surface area contributed by atoms with E-state index in [9.17, 15) is 14.0 Å². The molecule has 0 saturated heterocycles. The first-order chi connectivity index (χ1) is 20.4. The molecule has 1 amide bonds. The lowest BCUT2D eigenvalue weighted by atomic mass is 10.1. The van der Waals surface area contributed by atoms with Crippen LogP contribution in [0.25, 0.3) is 22.3 Å². The molecule has 0 atom stereocenters. The van der Waals surface area contributed by atoms with Crippen molar-refractivity contribution in [2.24, 2.45) is 0 Å². The number of fused-ring (bicyclic) bond motifs is 1. The number of hydrogen-bond acceptors (Lipinski definition) is 6. The summed E-state index contributed by atoms with van der Waals surface area (Å²) in [5.74, 6) is -1.22. The van der Waals surface area contributed by atoms with E-state index in [0.717, 1.165) is 17.2 Å². The second-order valence-electron chi connectivity index (χ2n) is 9.08. The highest BCUT2D eigenvalue weighted by Crippen LogP contribution is 2.36. The number of aromatic nitrogens is 4. The van der Waals surface area contributed by atoms with Crippen LogP contribution in [0.1, 0.15) is 10.4 Å². The second kappa shape index (κ2) is 11.0. The van der Waals surface area contributed by atoms with E-state index in [1.54, 1.807) is 29.0 Å². The highest BCUT2D eigenvalue weighted by atomic mass is 19.1. The number of carbonyl (C=O) groups is 1. The van der Waals surface area contributed by atoms with Crippen molar-refractivity contribution in [1.29, 1.82) is 0 Å². The van der Waals surface area contributed by atoms with Crippen LogP contribution in [0.15, 0.2) is 108 Å². The molecule has 4 aromatic heterocycles. The van der Waals surface area contributed by atoms with E-state index < -0.39 is 23.1 Å². The fourth-order valence-corrected chi connectivity index (χ4v) is 4.47. The third-order valence-corrected chi connectivity index (χ3v) is 6.48. The van der Waals surface area contributed by atoms with E-state index in [2.05, 4.69) is 15.4 Å². The summed E-state index contributed by atoms with van der Waals surface area (Å²) < 4.78 is 42.5. The zero-order valence-corrected chi connectivity index (χ0v) is 22.0. The van der Waals surface area contributed by atoms with Crippen molar-refractivity contribution in [3.05, 3.63) is 131 Å². The third kappa shape index (κ3) is 5.06. The first kappa shape index (κ1) is 26.4. The minimum absolute atomic E-state index is 0.0843. The molecule has 2 aromatic carbocycles. The van der Waals surface area contributed by atoms with Crippen LogP contribution in [0, 0.1) is 11.6 Å². The Bertz CT molecular complexity index is 2000. The number of nitrogens with zero attached hydrogens (tertiary/aromatic N) is 4. The van der Waals surface area contributed by atoms with Gasteiger partial charge in [-0.25, -0.2) is 18.3 Å². The molecule has 0 bridgehead atoms. The Labute approximate surface area is 237 Å². The van der Waals surface area contributed by atoms with Crippen LogP contribution in [0.3, 0.4) is 0 Å². The van der Waals surface area contributed by atoms with Crippen molar-refractivity contribution in [1.82, 2.24) is 19.2 Å². The van der Waals surface area contributed by atoms with Gasteiger partial charge in [0.25, 0.3) is 11.5 Å². The Kier molecular flexibility index (Phi) is 6.89. The Morgan fingerprint density at radius 3 is 2.52 bits per heavy atom. The smallest absolute Gasteiger partial charge is 0.267 e. The van der Waals surface area contributed by atoms with Crippen LogP contribution in [0.2, 0.25) is 0 Å². The molecule has 0 aliphatic rings. The number of rotatable bonds is 7. The summed E-state index contributed by atoms with van der Waals surface area (Å²) in [7, 11) is 1.53. The van der Waals surface area contributed by atoms with E-state index in [0.29, 0.717) is 22.8 Å². The van der Waals surface area contributed by atoms with Gasteiger partial charge in [-0.05, 0) is 66.2 Å². The number of nitrogens with one attached hydrogen (secondary N) is 1. The molecule has 42 heavy (non-hydrogen) atoms. The number of halogens is 2. The average molecular weight is 566 g/mol. The van der Waals surface area contributed by atoms with E-state index in [4.69, 9.17) is 9.47 Å². The van der Waals surface area contributed by atoms with Crippen LogP contribution in [0.5, 0.6) is 17.4 Å². The van der Waals surface area contributed by atoms with Gasteiger partial charge in [-0.2, -0.15) is 5.10 Å². The lowest BCUT2D eigenvalue weighted by Gasteiger charge is -2.12. The maximum absolute atomic E-state index is 15.2. The van der Waals surface area contributed by atoms with Gasteiger partial charge in [0.1, 0.15) is 16.9 Å². The summed E-state index contributed by atoms with van der Waals surface area (Å²) in [6, 6.07) is 19.1. The maximum atomic E-state index is 15.2. The van der Waals surface area contributed by atoms with Crippen LogP contribution >= 0.6 is 0 Å². The normalized spacial score (nSPS) is 10.9. The van der Waals surface area contributed by atoms with Crippen molar-refractivity contribution in [3.8, 4) is 34.2 Å². The van der Waals surface area contributed by atoms with Crippen molar-refractivity contribution < 1.29 is 23.0 Å². The summed E-state index contributed by atoms with van der Waals surface area (Å²) >= 11 is 0.